The van der Waals surface area contributed by atoms with Crippen LogP contribution >= 0.6 is 0 Å². The Morgan fingerprint density at radius 2 is 1.94 bits per heavy atom. The molecule has 0 saturated carbocycles. The van der Waals surface area contributed by atoms with Gasteiger partial charge in [0.15, 0.2) is 0 Å². The number of imidazole rings is 1. The summed E-state index contributed by atoms with van der Waals surface area (Å²) in [5, 5.41) is 8.90. The molecule has 0 unspecified atom stereocenters. The molecule has 0 atom stereocenters. The van der Waals surface area contributed by atoms with E-state index in [1.54, 1.807) is 6.20 Å². The van der Waals surface area contributed by atoms with E-state index in [0.717, 1.165) is 18.7 Å². The third-order valence-corrected chi connectivity index (χ3v) is 2.62. The molecular weight excluding hydrogens is 200 g/mol. The van der Waals surface area contributed by atoms with Gasteiger partial charge in [0.2, 0.25) is 0 Å². The van der Waals surface area contributed by atoms with Crippen LogP contribution in [0.4, 0.5) is 0 Å². The Balaban J connectivity index is 1.97. The van der Waals surface area contributed by atoms with Crippen molar-refractivity contribution in [1.82, 2.24) is 9.55 Å². The molecule has 0 aliphatic carbocycles. The third kappa shape index (κ3) is 2.70. The first-order chi connectivity index (χ1) is 7.90. The van der Waals surface area contributed by atoms with Crippen molar-refractivity contribution in [3.05, 3.63) is 54.1 Å². The van der Waals surface area contributed by atoms with Gasteiger partial charge >= 0.3 is 0 Å². The zero-order chi connectivity index (χ0) is 11.2. The monoisotopic (exact) mass is 216 g/mol. The molecule has 1 heterocycles. The van der Waals surface area contributed by atoms with Crippen molar-refractivity contribution in [3.63, 3.8) is 0 Å². The van der Waals surface area contributed by atoms with Gasteiger partial charge < -0.3 is 9.67 Å². The van der Waals surface area contributed by atoms with Gasteiger partial charge in [-0.1, -0.05) is 30.3 Å². The van der Waals surface area contributed by atoms with Crippen molar-refractivity contribution in [1.29, 1.82) is 0 Å². The molecule has 1 aromatic heterocycles. The molecule has 84 valence electrons. The molecule has 0 radical (unpaired) electrons. The van der Waals surface area contributed by atoms with Gasteiger partial charge in [0.1, 0.15) is 5.82 Å². The molecule has 3 heteroatoms. The molecule has 0 bridgehead atoms. The van der Waals surface area contributed by atoms with Crippen molar-refractivity contribution >= 4 is 0 Å². The van der Waals surface area contributed by atoms with Crippen LogP contribution in [-0.2, 0) is 19.4 Å². The summed E-state index contributed by atoms with van der Waals surface area (Å²) in [6.45, 7) is 0.790. The molecule has 0 fully saturated rings. The van der Waals surface area contributed by atoms with Crippen LogP contribution in [0.25, 0.3) is 0 Å². The molecule has 2 rings (SSSR count). The average molecular weight is 216 g/mol. The Morgan fingerprint density at radius 3 is 2.69 bits per heavy atom. The largest absolute Gasteiger partial charge is 0.395 e. The van der Waals surface area contributed by atoms with E-state index in [2.05, 4.69) is 29.2 Å². The highest BCUT2D eigenvalue weighted by Crippen LogP contribution is 2.05. The molecule has 3 nitrogen and oxygen atoms in total. The van der Waals surface area contributed by atoms with Crippen LogP contribution in [0.1, 0.15) is 11.4 Å². The van der Waals surface area contributed by atoms with Crippen molar-refractivity contribution in [2.24, 2.45) is 0 Å². The number of benzene rings is 1. The van der Waals surface area contributed by atoms with E-state index in [4.69, 9.17) is 5.11 Å². The summed E-state index contributed by atoms with van der Waals surface area (Å²) in [6, 6.07) is 10.4. The Labute approximate surface area is 95.4 Å². The van der Waals surface area contributed by atoms with Crippen LogP contribution in [0.3, 0.4) is 0 Å². The number of nitrogens with zero attached hydrogens (tertiary/aromatic N) is 2. The SMILES string of the molecule is OCCn1ccnc1CCc1ccccc1. The van der Waals surface area contributed by atoms with Gasteiger partial charge in [-0.2, -0.15) is 0 Å². The Kier molecular flexibility index (Phi) is 3.72. The maximum Gasteiger partial charge on any atom is 0.109 e. The van der Waals surface area contributed by atoms with Gasteiger partial charge in [0, 0.05) is 25.4 Å². The van der Waals surface area contributed by atoms with Gasteiger partial charge in [0.25, 0.3) is 0 Å². The van der Waals surface area contributed by atoms with Gasteiger partial charge in [-0.05, 0) is 12.0 Å². The minimum atomic E-state index is 0.161. The summed E-state index contributed by atoms with van der Waals surface area (Å²) in [4.78, 5) is 4.30. The van der Waals surface area contributed by atoms with Gasteiger partial charge in [-0.3, -0.25) is 0 Å². The average Bonchev–Trinajstić information content (AvgIpc) is 2.76. The predicted octanol–water partition coefficient (Wildman–Crippen LogP) is 1.66. The lowest BCUT2D eigenvalue weighted by Crippen LogP contribution is -2.07. The van der Waals surface area contributed by atoms with Crippen LogP contribution < -0.4 is 0 Å². The normalized spacial score (nSPS) is 10.6. The fourth-order valence-electron chi connectivity index (χ4n) is 1.78. The van der Waals surface area contributed by atoms with E-state index < -0.39 is 0 Å². The molecule has 16 heavy (non-hydrogen) atoms. The zero-order valence-electron chi connectivity index (χ0n) is 9.21. The highest BCUT2D eigenvalue weighted by Gasteiger charge is 2.02. The van der Waals surface area contributed by atoms with E-state index in [-0.39, 0.29) is 6.61 Å². The highest BCUT2D eigenvalue weighted by molar-refractivity contribution is 5.15. The second-order valence-electron chi connectivity index (χ2n) is 3.75. The zero-order valence-corrected chi connectivity index (χ0v) is 9.21. The highest BCUT2D eigenvalue weighted by atomic mass is 16.3. The molecule has 1 N–H and O–H groups in total. The molecule has 0 spiro atoms. The number of rotatable bonds is 5. The van der Waals surface area contributed by atoms with Crippen LogP contribution in [-0.4, -0.2) is 21.3 Å². The molecular formula is C13H16N2O. The number of aryl methyl sites for hydroxylation is 2. The van der Waals surface area contributed by atoms with E-state index in [0.29, 0.717) is 6.54 Å². The van der Waals surface area contributed by atoms with Crippen molar-refractivity contribution in [2.45, 2.75) is 19.4 Å². The molecule has 0 saturated heterocycles. The van der Waals surface area contributed by atoms with Crippen molar-refractivity contribution in [3.8, 4) is 0 Å². The number of aliphatic hydroxyl groups excluding tert-OH is 1. The van der Waals surface area contributed by atoms with Gasteiger partial charge in [-0.25, -0.2) is 4.98 Å². The van der Waals surface area contributed by atoms with Crippen molar-refractivity contribution < 1.29 is 5.11 Å². The quantitative estimate of drug-likeness (QED) is 0.825. The van der Waals surface area contributed by atoms with Crippen LogP contribution in [0.5, 0.6) is 0 Å². The second kappa shape index (κ2) is 5.47. The lowest BCUT2D eigenvalue weighted by atomic mass is 10.1. The standard InChI is InChI=1S/C13H16N2O/c16-11-10-15-9-8-14-13(15)7-6-12-4-2-1-3-5-12/h1-5,8-9,16H,6-7,10-11H2. The Bertz CT molecular complexity index is 423. The maximum atomic E-state index is 8.90. The molecule has 0 amide bonds. The summed E-state index contributed by atoms with van der Waals surface area (Å²) in [7, 11) is 0. The van der Waals surface area contributed by atoms with E-state index in [1.165, 1.54) is 5.56 Å². The maximum absolute atomic E-state index is 8.90. The first kappa shape index (κ1) is 10.9. The predicted molar refractivity (Wildman–Crippen MR) is 63.2 cm³/mol. The fourth-order valence-corrected chi connectivity index (χ4v) is 1.78. The van der Waals surface area contributed by atoms with Crippen LogP contribution in [0.15, 0.2) is 42.7 Å². The smallest absolute Gasteiger partial charge is 0.109 e. The summed E-state index contributed by atoms with van der Waals surface area (Å²) in [5.41, 5.74) is 1.32. The molecule has 1 aromatic carbocycles. The second-order valence-corrected chi connectivity index (χ2v) is 3.75. The minimum Gasteiger partial charge on any atom is -0.395 e. The molecule has 0 aliphatic rings. The summed E-state index contributed by atoms with van der Waals surface area (Å²) in [6.07, 6.45) is 5.60. The van der Waals surface area contributed by atoms with E-state index in [1.807, 2.05) is 16.8 Å². The van der Waals surface area contributed by atoms with Crippen molar-refractivity contribution in [2.75, 3.05) is 6.61 Å². The lowest BCUT2D eigenvalue weighted by Gasteiger charge is -2.05. The fraction of sp³-hybridized carbons (Fsp3) is 0.308. The Hall–Kier alpha value is -1.61. The number of hydrogen-bond donors (Lipinski definition) is 1. The van der Waals surface area contributed by atoms with Crippen LogP contribution in [0, 0.1) is 0 Å². The van der Waals surface area contributed by atoms with Gasteiger partial charge in [0.05, 0.1) is 6.61 Å². The van der Waals surface area contributed by atoms with Crippen LogP contribution in [0.2, 0.25) is 0 Å². The number of aromatic nitrogens is 2. The topological polar surface area (TPSA) is 38.0 Å². The third-order valence-electron chi connectivity index (χ3n) is 2.62. The summed E-state index contributed by atoms with van der Waals surface area (Å²) < 4.78 is 2.00. The van der Waals surface area contributed by atoms with E-state index >= 15 is 0 Å². The van der Waals surface area contributed by atoms with Gasteiger partial charge in [-0.15, -0.1) is 0 Å². The Morgan fingerprint density at radius 1 is 1.12 bits per heavy atom. The number of aliphatic hydroxyl groups is 1. The summed E-state index contributed by atoms with van der Waals surface area (Å²) in [5.74, 6) is 1.04. The summed E-state index contributed by atoms with van der Waals surface area (Å²) >= 11 is 0. The van der Waals surface area contributed by atoms with E-state index in [9.17, 15) is 0 Å². The number of hydrogen-bond acceptors (Lipinski definition) is 2. The first-order valence-corrected chi connectivity index (χ1v) is 5.55. The molecule has 2 aromatic rings. The lowest BCUT2D eigenvalue weighted by molar-refractivity contribution is 0.274. The first-order valence-electron chi connectivity index (χ1n) is 5.55. The minimum absolute atomic E-state index is 0.161. The molecule has 0 aliphatic heterocycles.